The van der Waals surface area contributed by atoms with Gasteiger partial charge in [0.1, 0.15) is 11.5 Å². The molecule has 2 aromatic rings. The Labute approximate surface area is 135 Å². The standard InChI is InChI=1S/C18H22BrNO/c1-12(2)20-11-15-5-8-18(14(4)9-15)21-16-6-7-17(19)13(3)10-16/h5-10,12,20H,11H2,1-4H3. The molecule has 0 saturated heterocycles. The zero-order valence-electron chi connectivity index (χ0n) is 13.0. The van der Waals surface area contributed by atoms with Gasteiger partial charge in [0.2, 0.25) is 0 Å². The predicted octanol–water partition coefficient (Wildman–Crippen LogP) is 5.36. The lowest BCUT2D eigenvalue weighted by atomic mass is 10.1. The van der Waals surface area contributed by atoms with Gasteiger partial charge >= 0.3 is 0 Å². The van der Waals surface area contributed by atoms with E-state index in [1.807, 2.05) is 24.3 Å². The summed E-state index contributed by atoms with van der Waals surface area (Å²) in [5.74, 6) is 1.77. The summed E-state index contributed by atoms with van der Waals surface area (Å²) in [4.78, 5) is 0. The average molecular weight is 348 g/mol. The van der Waals surface area contributed by atoms with Gasteiger partial charge in [-0.15, -0.1) is 0 Å². The highest BCUT2D eigenvalue weighted by Crippen LogP contribution is 2.28. The van der Waals surface area contributed by atoms with E-state index in [2.05, 4.69) is 61.1 Å². The molecule has 2 aromatic carbocycles. The van der Waals surface area contributed by atoms with Crippen LogP contribution in [0.15, 0.2) is 40.9 Å². The Morgan fingerprint density at radius 1 is 1.05 bits per heavy atom. The van der Waals surface area contributed by atoms with Crippen LogP contribution < -0.4 is 10.1 Å². The van der Waals surface area contributed by atoms with E-state index in [9.17, 15) is 0 Å². The molecule has 0 radical (unpaired) electrons. The summed E-state index contributed by atoms with van der Waals surface area (Å²) in [5, 5.41) is 3.43. The minimum absolute atomic E-state index is 0.493. The summed E-state index contributed by atoms with van der Waals surface area (Å²) in [6.45, 7) is 9.33. The summed E-state index contributed by atoms with van der Waals surface area (Å²) in [7, 11) is 0. The Morgan fingerprint density at radius 2 is 1.81 bits per heavy atom. The van der Waals surface area contributed by atoms with Crippen molar-refractivity contribution in [2.75, 3.05) is 0 Å². The second-order valence-electron chi connectivity index (χ2n) is 5.65. The molecule has 0 amide bonds. The van der Waals surface area contributed by atoms with Crippen LogP contribution in [-0.4, -0.2) is 6.04 Å². The zero-order chi connectivity index (χ0) is 15.4. The van der Waals surface area contributed by atoms with E-state index in [1.54, 1.807) is 0 Å². The molecule has 0 aromatic heterocycles. The minimum atomic E-state index is 0.493. The third-order valence-electron chi connectivity index (χ3n) is 3.31. The smallest absolute Gasteiger partial charge is 0.130 e. The maximum Gasteiger partial charge on any atom is 0.130 e. The highest BCUT2D eigenvalue weighted by molar-refractivity contribution is 9.10. The largest absolute Gasteiger partial charge is 0.457 e. The van der Waals surface area contributed by atoms with E-state index in [0.29, 0.717) is 6.04 Å². The fourth-order valence-electron chi connectivity index (χ4n) is 2.07. The predicted molar refractivity (Wildman–Crippen MR) is 92.1 cm³/mol. The molecule has 0 heterocycles. The monoisotopic (exact) mass is 347 g/mol. The first-order valence-corrected chi connectivity index (χ1v) is 8.02. The van der Waals surface area contributed by atoms with E-state index in [-0.39, 0.29) is 0 Å². The SMILES string of the molecule is Cc1cc(Oc2ccc(CNC(C)C)cc2C)ccc1Br. The van der Waals surface area contributed by atoms with Crippen molar-refractivity contribution in [1.82, 2.24) is 5.32 Å². The Hall–Kier alpha value is -1.32. The van der Waals surface area contributed by atoms with Gasteiger partial charge in [0.25, 0.3) is 0 Å². The number of halogens is 1. The second kappa shape index (κ2) is 7.10. The molecule has 0 fully saturated rings. The third kappa shape index (κ3) is 4.58. The molecule has 0 spiro atoms. The average Bonchev–Trinajstić information content (AvgIpc) is 2.43. The second-order valence-corrected chi connectivity index (χ2v) is 6.50. The van der Waals surface area contributed by atoms with Crippen molar-refractivity contribution in [3.05, 3.63) is 57.6 Å². The molecule has 2 nitrogen and oxygen atoms in total. The van der Waals surface area contributed by atoms with Crippen LogP contribution in [0.2, 0.25) is 0 Å². The molecule has 0 atom stereocenters. The molecule has 2 rings (SSSR count). The molecule has 21 heavy (non-hydrogen) atoms. The first-order chi connectivity index (χ1) is 9.95. The fourth-order valence-corrected chi connectivity index (χ4v) is 2.31. The van der Waals surface area contributed by atoms with Gasteiger partial charge in [-0.2, -0.15) is 0 Å². The van der Waals surface area contributed by atoms with Gasteiger partial charge < -0.3 is 10.1 Å². The van der Waals surface area contributed by atoms with Crippen molar-refractivity contribution >= 4 is 15.9 Å². The number of hydrogen-bond donors (Lipinski definition) is 1. The van der Waals surface area contributed by atoms with Gasteiger partial charge in [-0.25, -0.2) is 0 Å². The molecule has 0 aliphatic heterocycles. The summed E-state index contributed by atoms with van der Waals surface area (Å²) in [6, 6.07) is 12.9. The molecule has 0 saturated carbocycles. The number of rotatable bonds is 5. The van der Waals surface area contributed by atoms with Crippen LogP contribution in [0.3, 0.4) is 0 Å². The van der Waals surface area contributed by atoms with Gasteiger partial charge in [0, 0.05) is 17.1 Å². The van der Waals surface area contributed by atoms with Crippen LogP contribution >= 0.6 is 15.9 Å². The molecule has 0 aliphatic carbocycles. The van der Waals surface area contributed by atoms with Crippen molar-refractivity contribution in [3.63, 3.8) is 0 Å². The van der Waals surface area contributed by atoms with E-state index >= 15 is 0 Å². The molecule has 3 heteroatoms. The maximum absolute atomic E-state index is 5.98. The molecular formula is C18H22BrNO. The van der Waals surface area contributed by atoms with Gasteiger partial charge in [-0.05, 0) is 54.8 Å². The van der Waals surface area contributed by atoms with E-state index in [4.69, 9.17) is 4.74 Å². The third-order valence-corrected chi connectivity index (χ3v) is 4.20. The highest BCUT2D eigenvalue weighted by Gasteiger charge is 2.05. The quantitative estimate of drug-likeness (QED) is 0.786. The lowest BCUT2D eigenvalue weighted by Gasteiger charge is -2.13. The molecule has 1 N–H and O–H groups in total. The van der Waals surface area contributed by atoms with Crippen LogP contribution in [-0.2, 0) is 6.54 Å². The van der Waals surface area contributed by atoms with Crippen LogP contribution in [0.5, 0.6) is 11.5 Å². The summed E-state index contributed by atoms with van der Waals surface area (Å²) < 4.78 is 7.08. The Balaban J connectivity index is 2.11. The van der Waals surface area contributed by atoms with Crippen LogP contribution in [0, 0.1) is 13.8 Å². The minimum Gasteiger partial charge on any atom is -0.457 e. The lowest BCUT2D eigenvalue weighted by molar-refractivity contribution is 0.478. The number of ether oxygens (including phenoxy) is 1. The van der Waals surface area contributed by atoms with Gasteiger partial charge in [-0.3, -0.25) is 0 Å². The fraction of sp³-hybridized carbons (Fsp3) is 0.333. The normalized spacial score (nSPS) is 11.0. The van der Waals surface area contributed by atoms with Crippen LogP contribution in [0.25, 0.3) is 0 Å². The van der Waals surface area contributed by atoms with Crippen LogP contribution in [0.1, 0.15) is 30.5 Å². The van der Waals surface area contributed by atoms with Crippen molar-refractivity contribution in [1.29, 1.82) is 0 Å². The maximum atomic E-state index is 5.98. The topological polar surface area (TPSA) is 21.3 Å². The molecule has 0 bridgehead atoms. The van der Waals surface area contributed by atoms with Crippen molar-refractivity contribution in [2.24, 2.45) is 0 Å². The first kappa shape index (κ1) is 16.1. The van der Waals surface area contributed by atoms with E-state index in [1.165, 1.54) is 11.1 Å². The number of benzene rings is 2. The van der Waals surface area contributed by atoms with Crippen LogP contribution in [0.4, 0.5) is 0 Å². The van der Waals surface area contributed by atoms with E-state index in [0.717, 1.165) is 28.1 Å². The lowest BCUT2D eigenvalue weighted by Crippen LogP contribution is -2.21. The Kier molecular flexibility index (Phi) is 5.43. The highest BCUT2D eigenvalue weighted by atomic mass is 79.9. The first-order valence-electron chi connectivity index (χ1n) is 7.22. The van der Waals surface area contributed by atoms with Crippen molar-refractivity contribution in [2.45, 2.75) is 40.3 Å². The molecular weight excluding hydrogens is 326 g/mol. The van der Waals surface area contributed by atoms with Gasteiger partial charge in [0.05, 0.1) is 0 Å². The van der Waals surface area contributed by atoms with Crippen molar-refractivity contribution < 1.29 is 4.74 Å². The summed E-state index contributed by atoms with van der Waals surface area (Å²) in [5.41, 5.74) is 3.60. The number of nitrogens with one attached hydrogen (secondary N) is 1. The molecule has 112 valence electrons. The Bertz CT molecular complexity index is 623. The molecule has 0 aliphatic rings. The van der Waals surface area contributed by atoms with Gasteiger partial charge in [-0.1, -0.05) is 41.9 Å². The Morgan fingerprint density at radius 3 is 2.43 bits per heavy atom. The number of hydrogen-bond acceptors (Lipinski definition) is 2. The van der Waals surface area contributed by atoms with E-state index < -0.39 is 0 Å². The summed E-state index contributed by atoms with van der Waals surface area (Å²) >= 11 is 3.51. The van der Waals surface area contributed by atoms with Gasteiger partial charge in [0.15, 0.2) is 0 Å². The van der Waals surface area contributed by atoms with Crippen molar-refractivity contribution in [3.8, 4) is 11.5 Å². The zero-order valence-corrected chi connectivity index (χ0v) is 14.6. The molecule has 0 unspecified atom stereocenters. The summed E-state index contributed by atoms with van der Waals surface area (Å²) in [6.07, 6.45) is 0. The number of aryl methyl sites for hydroxylation is 2.